The Morgan fingerprint density at radius 2 is 1.79 bits per heavy atom. The van der Waals surface area contributed by atoms with Crippen molar-refractivity contribution in [2.24, 2.45) is 5.92 Å². The minimum absolute atomic E-state index is 0.405. The van der Waals surface area contributed by atoms with Crippen LogP contribution in [0.1, 0.15) is 58.3 Å². The zero-order chi connectivity index (χ0) is 13.1. The van der Waals surface area contributed by atoms with Gasteiger partial charge in [0.25, 0.3) is 0 Å². The van der Waals surface area contributed by atoms with Crippen LogP contribution >= 0.6 is 0 Å². The summed E-state index contributed by atoms with van der Waals surface area (Å²) < 4.78 is 5.71. The molecule has 3 rings (SSSR count). The molecule has 3 nitrogen and oxygen atoms in total. The second kappa shape index (κ2) is 6.55. The van der Waals surface area contributed by atoms with E-state index in [1.807, 2.05) is 0 Å². The Morgan fingerprint density at radius 3 is 2.53 bits per heavy atom. The maximum atomic E-state index is 5.71. The summed E-state index contributed by atoms with van der Waals surface area (Å²) in [6.45, 7) is 4.40. The van der Waals surface area contributed by atoms with Gasteiger partial charge in [0.2, 0.25) is 0 Å². The van der Waals surface area contributed by atoms with Gasteiger partial charge >= 0.3 is 0 Å². The zero-order valence-corrected chi connectivity index (χ0v) is 12.4. The predicted molar refractivity (Wildman–Crippen MR) is 78.3 cm³/mol. The first-order valence-electron chi connectivity index (χ1n) is 8.45. The third kappa shape index (κ3) is 3.32. The molecule has 3 fully saturated rings. The van der Waals surface area contributed by atoms with E-state index < -0.39 is 0 Å². The van der Waals surface area contributed by atoms with Gasteiger partial charge in [-0.25, -0.2) is 0 Å². The van der Waals surface area contributed by atoms with Crippen LogP contribution in [0, 0.1) is 5.92 Å². The average Bonchev–Trinajstić information content (AvgIpc) is 2.86. The Morgan fingerprint density at radius 1 is 0.947 bits per heavy atom. The van der Waals surface area contributed by atoms with Crippen molar-refractivity contribution in [1.82, 2.24) is 10.6 Å². The van der Waals surface area contributed by atoms with Gasteiger partial charge in [0.1, 0.15) is 0 Å². The first-order chi connectivity index (χ1) is 9.34. The Balaban J connectivity index is 1.59. The van der Waals surface area contributed by atoms with E-state index in [9.17, 15) is 0 Å². The van der Waals surface area contributed by atoms with Gasteiger partial charge < -0.3 is 15.4 Å². The van der Waals surface area contributed by atoms with Gasteiger partial charge in [-0.3, -0.25) is 0 Å². The third-order valence-corrected chi connectivity index (χ3v) is 5.49. The quantitative estimate of drug-likeness (QED) is 0.823. The molecular weight excluding hydrogens is 236 g/mol. The second-order valence-corrected chi connectivity index (χ2v) is 6.75. The molecule has 3 aliphatic rings. The Labute approximate surface area is 117 Å². The molecular formula is C16H30N2O. The van der Waals surface area contributed by atoms with E-state index in [4.69, 9.17) is 4.74 Å². The van der Waals surface area contributed by atoms with Crippen LogP contribution in [0.25, 0.3) is 0 Å². The highest BCUT2D eigenvalue weighted by Gasteiger charge is 2.35. The Bertz CT molecular complexity index is 278. The number of hydrogen-bond acceptors (Lipinski definition) is 3. The summed E-state index contributed by atoms with van der Waals surface area (Å²) in [5.41, 5.74) is 0. The molecule has 0 bridgehead atoms. The molecule has 5 unspecified atom stereocenters. The highest BCUT2D eigenvalue weighted by atomic mass is 16.5. The summed E-state index contributed by atoms with van der Waals surface area (Å²) in [5.74, 6) is 0.849. The van der Waals surface area contributed by atoms with E-state index in [0.29, 0.717) is 12.1 Å². The van der Waals surface area contributed by atoms with E-state index in [0.717, 1.165) is 24.6 Å². The van der Waals surface area contributed by atoms with E-state index in [2.05, 4.69) is 17.6 Å². The minimum Gasteiger partial charge on any atom is -0.377 e. The van der Waals surface area contributed by atoms with Crippen molar-refractivity contribution in [1.29, 1.82) is 0 Å². The number of hydrogen-bond donors (Lipinski definition) is 2. The average molecular weight is 266 g/mol. The van der Waals surface area contributed by atoms with Crippen LogP contribution in [-0.4, -0.2) is 37.4 Å². The number of rotatable bonds is 3. The molecule has 1 saturated carbocycles. The summed E-state index contributed by atoms with van der Waals surface area (Å²) in [6.07, 6.45) is 11.4. The lowest BCUT2D eigenvalue weighted by Crippen LogP contribution is -2.53. The molecule has 0 radical (unpaired) electrons. The van der Waals surface area contributed by atoms with Crippen LogP contribution < -0.4 is 10.6 Å². The fourth-order valence-electron chi connectivity index (χ4n) is 4.32. The topological polar surface area (TPSA) is 33.3 Å². The highest BCUT2D eigenvalue weighted by molar-refractivity contribution is 4.93. The lowest BCUT2D eigenvalue weighted by molar-refractivity contribution is 0.100. The van der Waals surface area contributed by atoms with E-state index in [-0.39, 0.29) is 0 Å². The molecule has 2 heterocycles. The van der Waals surface area contributed by atoms with Crippen molar-refractivity contribution < 1.29 is 4.74 Å². The van der Waals surface area contributed by atoms with Gasteiger partial charge in [-0.15, -0.1) is 0 Å². The SMILES string of the molecule is CC1OCCC1NC1CCCCC1C1CCCCN1. The monoisotopic (exact) mass is 266 g/mol. The molecule has 19 heavy (non-hydrogen) atoms. The molecule has 2 aliphatic heterocycles. The van der Waals surface area contributed by atoms with Crippen molar-refractivity contribution in [2.45, 2.75) is 82.5 Å². The first-order valence-corrected chi connectivity index (χ1v) is 8.45. The molecule has 1 aliphatic carbocycles. The zero-order valence-electron chi connectivity index (χ0n) is 12.4. The van der Waals surface area contributed by atoms with Crippen LogP contribution in [-0.2, 0) is 4.74 Å². The van der Waals surface area contributed by atoms with E-state index in [1.54, 1.807) is 0 Å². The van der Waals surface area contributed by atoms with E-state index in [1.165, 1.54) is 57.9 Å². The molecule has 2 N–H and O–H groups in total. The second-order valence-electron chi connectivity index (χ2n) is 6.75. The molecule has 5 atom stereocenters. The lowest BCUT2D eigenvalue weighted by Gasteiger charge is -2.41. The highest BCUT2D eigenvalue weighted by Crippen LogP contribution is 2.31. The number of ether oxygens (including phenoxy) is 1. The van der Waals surface area contributed by atoms with Crippen molar-refractivity contribution in [3.63, 3.8) is 0 Å². The van der Waals surface area contributed by atoms with Crippen LogP contribution in [0.4, 0.5) is 0 Å². The summed E-state index contributed by atoms with van der Waals surface area (Å²) >= 11 is 0. The van der Waals surface area contributed by atoms with E-state index >= 15 is 0 Å². The van der Waals surface area contributed by atoms with Crippen LogP contribution in [0.2, 0.25) is 0 Å². The van der Waals surface area contributed by atoms with Crippen LogP contribution in [0.3, 0.4) is 0 Å². The van der Waals surface area contributed by atoms with Gasteiger partial charge in [0.05, 0.1) is 6.10 Å². The molecule has 110 valence electrons. The Hall–Kier alpha value is -0.120. The molecule has 2 saturated heterocycles. The molecule has 0 aromatic carbocycles. The number of piperidine rings is 1. The van der Waals surface area contributed by atoms with Gasteiger partial charge in [-0.05, 0) is 51.5 Å². The van der Waals surface area contributed by atoms with Crippen molar-refractivity contribution in [3.05, 3.63) is 0 Å². The smallest absolute Gasteiger partial charge is 0.0700 e. The standard InChI is InChI=1S/C16H30N2O/c1-12-14(9-11-19-12)18-16-8-3-2-6-13(16)15-7-4-5-10-17-15/h12-18H,2-11H2,1H3. The fraction of sp³-hybridized carbons (Fsp3) is 1.00. The lowest BCUT2D eigenvalue weighted by atomic mass is 9.77. The fourth-order valence-corrected chi connectivity index (χ4v) is 4.32. The molecule has 0 aromatic rings. The largest absolute Gasteiger partial charge is 0.377 e. The summed E-state index contributed by atoms with van der Waals surface area (Å²) in [5, 5.41) is 7.73. The van der Waals surface area contributed by atoms with Crippen molar-refractivity contribution in [3.8, 4) is 0 Å². The van der Waals surface area contributed by atoms with Crippen molar-refractivity contribution in [2.75, 3.05) is 13.2 Å². The van der Waals surface area contributed by atoms with Crippen LogP contribution in [0.5, 0.6) is 0 Å². The Kier molecular flexibility index (Phi) is 4.78. The normalized spacial score (nSPS) is 44.4. The minimum atomic E-state index is 0.405. The molecule has 0 aromatic heterocycles. The first kappa shape index (κ1) is 13.8. The van der Waals surface area contributed by atoms with Gasteiger partial charge in [-0.2, -0.15) is 0 Å². The molecule has 0 amide bonds. The van der Waals surface area contributed by atoms with Gasteiger partial charge in [-0.1, -0.05) is 19.3 Å². The third-order valence-electron chi connectivity index (χ3n) is 5.49. The maximum Gasteiger partial charge on any atom is 0.0700 e. The maximum absolute atomic E-state index is 5.71. The van der Waals surface area contributed by atoms with Crippen LogP contribution in [0.15, 0.2) is 0 Å². The van der Waals surface area contributed by atoms with Gasteiger partial charge in [0, 0.05) is 24.7 Å². The molecule has 0 spiro atoms. The van der Waals surface area contributed by atoms with Crippen molar-refractivity contribution >= 4 is 0 Å². The predicted octanol–water partition coefficient (Wildman–Crippen LogP) is 2.45. The van der Waals surface area contributed by atoms with Gasteiger partial charge in [0.15, 0.2) is 0 Å². The summed E-state index contributed by atoms with van der Waals surface area (Å²) in [7, 11) is 0. The summed E-state index contributed by atoms with van der Waals surface area (Å²) in [6, 6.07) is 2.08. The summed E-state index contributed by atoms with van der Waals surface area (Å²) in [4.78, 5) is 0. The molecule has 3 heteroatoms. The number of nitrogens with one attached hydrogen (secondary N) is 2.